The van der Waals surface area contributed by atoms with Crippen LogP contribution in [0.3, 0.4) is 0 Å². The summed E-state index contributed by atoms with van der Waals surface area (Å²) in [4.78, 5) is 7.86. The quantitative estimate of drug-likeness (QED) is 0.523. The van der Waals surface area contributed by atoms with Crippen LogP contribution in [0.25, 0.3) is 0 Å². The molecule has 0 bridgehead atoms. The van der Waals surface area contributed by atoms with E-state index in [0.29, 0.717) is 15.4 Å². The Morgan fingerprint density at radius 1 is 1.57 bits per heavy atom. The molecule has 1 aromatic rings. The normalized spacial score (nSPS) is 9.07. The second-order valence-electron chi connectivity index (χ2n) is 2.43. The molecule has 0 fully saturated rings. The van der Waals surface area contributed by atoms with Gasteiger partial charge >= 0.3 is 0 Å². The molecule has 5 heteroatoms. The van der Waals surface area contributed by atoms with Crippen molar-refractivity contribution in [3.8, 4) is 11.8 Å². The first-order valence-corrected chi connectivity index (χ1v) is 5.22. The van der Waals surface area contributed by atoms with Crippen LogP contribution >= 0.6 is 27.5 Å². The van der Waals surface area contributed by atoms with E-state index in [1.165, 1.54) is 6.33 Å². The van der Waals surface area contributed by atoms with E-state index < -0.39 is 0 Å². The predicted molar refractivity (Wildman–Crippen MR) is 61.3 cm³/mol. The number of hydrogen-bond acceptors (Lipinski definition) is 3. The Hall–Kier alpha value is -0.790. The highest BCUT2D eigenvalue weighted by Gasteiger charge is 2.04. The standard InChI is InChI=1S/C9H9BrClN3/c1-2-3-4-5-12-9-7(10)8(11)13-6-14-9/h6H,4-5H2,1H3,(H,12,13,14). The fourth-order valence-electron chi connectivity index (χ4n) is 0.840. The molecule has 0 saturated carbocycles. The lowest BCUT2D eigenvalue weighted by atomic mass is 10.4. The summed E-state index contributed by atoms with van der Waals surface area (Å²) in [6, 6.07) is 0. The van der Waals surface area contributed by atoms with Gasteiger partial charge in [-0.1, -0.05) is 11.6 Å². The number of rotatable bonds is 3. The van der Waals surface area contributed by atoms with Crippen LogP contribution < -0.4 is 5.32 Å². The predicted octanol–water partition coefficient (Wildman–Crippen LogP) is 2.72. The zero-order valence-electron chi connectivity index (χ0n) is 7.64. The van der Waals surface area contributed by atoms with Crippen LogP contribution in [-0.4, -0.2) is 16.5 Å². The summed E-state index contributed by atoms with van der Waals surface area (Å²) in [5.41, 5.74) is 0. The van der Waals surface area contributed by atoms with Gasteiger partial charge in [0.15, 0.2) is 0 Å². The minimum absolute atomic E-state index is 0.407. The third-order valence-electron chi connectivity index (χ3n) is 1.47. The smallest absolute Gasteiger partial charge is 0.148 e. The Bertz CT molecular complexity index is 370. The minimum Gasteiger partial charge on any atom is -0.368 e. The van der Waals surface area contributed by atoms with Gasteiger partial charge in [-0.05, 0) is 22.9 Å². The molecule has 1 aromatic heterocycles. The molecule has 0 unspecified atom stereocenters. The molecule has 0 amide bonds. The Morgan fingerprint density at radius 2 is 2.36 bits per heavy atom. The fourth-order valence-corrected chi connectivity index (χ4v) is 1.32. The largest absolute Gasteiger partial charge is 0.368 e. The summed E-state index contributed by atoms with van der Waals surface area (Å²) in [6.07, 6.45) is 2.20. The Kier molecular flexibility index (Phi) is 4.71. The lowest BCUT2D eigenvalue weighted by Crippen LogP contribution is -2.03. The first-order valence-electron chi connectivity index (χ1n) is 4.05. The van der Waals surface area contributed by atoms with Crippen molar-refractivity contribution in [1.82, 2.24) is 9.97 Å². The highest BCUT2D eigenvalue weighted by atomic mass is 79.9. The zero-order valence-corrected chi connectivity index (χ0v) is 9.98. The van der Waals surface area contributed by atoms with Crippen molar-refractivity contribution in [3.05, 3.63) is 16.0 Å². The van der Waals surface area contributed by atoms with Gasteiger partial charge in [0.25, 0.3) is 0 Å². The molecule has 74 valence electrons. The molecule has 0 aliphatic heterocycles. The fraction of sp³-hybridized carbons (Fsp3) is 0.333. The van der Waals surface area contributed by atoms with Gasteiger partial charge in [-0.15, -0.1) is 11.8 Å². The third kappa shape index (κ3) is 3.17. The monoisotopic (exact) mass is 273 g/mol. The van der Waals surface area contributed by atoms with E-state index >= 15 is 0 Å². The topological polar surface area (TPSA) is 37.8 Å². The van der Waals surface area contributed by atoms with Gasteiger partial charge in [0.2, 0.25) is 0 Å². The maximum atomic E-state index is 5.79. The van der Waals surface area contributed by atoms with Crippen molar-refractivity contribution in [2.24, 2.45) is 0 Å². The lowest BCUT2D eigenvalue weighted by molar-refractivity contribution is 1.05. The summed E-state index contributed by atoms with van der Waals surface area (Å²) < 4.78 is 0.686. The first-order chi connectivity index (χ1) is 6.75. The van der Waals surface area contributed by atoms with Gasteiger partial charge < -0.3 is 5.32 Å². The molecule has 0 spiro atoms. The maximum absolute atomic E-state index is 5.79. The molecule has 3 nitrogen and oxygen atoms in total. The highest BCUT2D eigenvalue weighted by molar-refractivity contribution is 9.10. The molecule has 0 saturated heterocycles. The molecular formula is C9H9BrClN3. The molecule has 0 aliphatic rings. The number of nitrogens with zero attached hydrogens (tertiary/aromatic N) is 2. The molecule has 1 rings (SSSR count). The van der Waals surface area contributed by atoms with E-state index in [1.807, 2.05) is 6.92 Å². The van der Waals surface area contributed by atoms with Gasteiger partial charge in [0.05, 0.1) is 4.47 Å². The van der Waals surface area contributed by atoms with Gasteiger partial charge in [0.1, 0.15) is 17.3 Å². The van der Waals surface area contributed by atoms with Crippen molar-refractivity contribution in [3.63, 3.8) is 0 Å². The van der Waals surface area contributed by atoms with Crippen LogP contribution in [0.5, 0.6) is 0 Å². The highest BCUT2D eigenvalue weighted by Crippen LogP contribution is 2.25. The van der Waals surface area contributed by atoms with Crippen LogP contribution in [-0.2, 0) is 0 Å². The van der Waals surface area contributed by atoms with Gasteiger partial charge in [-0.3, -0.25) is 0 Å². The molecule has 0 aliphatic carbocycles. The summed E-state index contributed by atoms with van der Waals surface area (Å²) in [6.45, 7) is 2.56. The van der Waals surface area contributed by atoms with E-state index in [9.17, 15) is 0 Å². The van der Waals surface area contributed by atoms with Crippen molar-refractivity contribution in [2.75, 3.05) is 11.9 Å². The van der Waals surface area contributed by atoms with Gasteiger partial charge in [0, 0.05) is 13.0 Å². The Morgan fingerprint density at radius 3 is 3.07 bits per heavy atom. The van der Waals surface area contributed by atoms with Crippen LogP contribution in [0, 0.1) is 11.8 Å². The van der Waals surface area contributed by atoms with E-state index in [0.717, 1.165) is 13.0 Å². The summed E-state index contributed by atoms with van der Waals surface area (Å²) in [7, 11) is 0. The van der Waals surface area contributed by atoms with Crippen LogP contribution in [0.2, 0.25) is 5.15 Å². The van der Waals surface area contributed by atoms with E-state index in [2.05, 4.69) is 43.1 Å². The van der Waals surface area contributed by atoms with Crippen LogP contribution in [0.15, 0.2) is 10.8 Å². The summed E-state index contributed by atoms with van der Waals surface area (Å²) >= 11 is 9.08. The first kappa shape index (κ1) is 11.3. The second kappa shape index (κ2) is 5.84. The molecule has 14 heavy (non-hydrogen) atoms. The van der Waals surface area contributed by atoms with Gasteiger partial charge in [-0.25, -0.2) is 9.97 Å². The molecule has 0 aromatic carbocycles. The van der Waals surface area contributed by atoms with E-state index in [-0.39, 0.29) is 0 Å². The Labute approximate surface area is 96.4 Å². The average Bonchev–Trinajstić information content (AvgIpc) is 2.19. The van der Waals surface area contributed by atoms with Crippen LogP contribution in [0.1, 0.15) is 13.3 Å². The van der Waals surface area contributed by atoms with Crippen molar-refractivity contribution in [1.29, 1.82) is 0 Å². The maximum Gasteiger partial charge on any atom is 0.148 e. The molecule has 0 radical (unpaired) electrons. The lowest BCUT2D eigenvalue weighted by Gasteiger charge is -2.05. The molecule has 1 heterocycles. The summed E-state index contributed by atoms with van der Waals surface area (Å²) in [5.74, 6) is 6.46. The van der Waals surface area contributed by atoms with Gasteiger partial charge in [-0.2, -0.15) is 0 Å². The Balaban J connectivity index is 2.57. The number of nitrogens with one attached hydrogen (secondary N) is 1. The third-order valence-corrected chi connectivity index (χ3v) is 2.73. The number of halogens is 2. The number of anilines is 1. The minimum atomic E-state index is 0.407. The van der Waals surface area contributed by atoms with Crippen molar-refractivity contribution >= 4 is 33.3 Å². The van der Waals surface area contributed by atoms with Crippen molar-refractivity contribution in [2.45, 2.75) is 13.3 Å². The van der Waals surface area contributed by atoms with E-state index in [1.54, 1.807) is 0 Å². The van der Waals surface area contributed by atoms with E-state index in [4.69, 9.17) is 11.6 Å². The zero-order chi connectivity index (χ0) is 10.4. The summed E-state index contributed by atoms with van der Waals surface area (Å²) in [5, 5.41) is 3.51. The molecule has 0 atom stereocenters. The van der Waals surface area contributed by atoms with Crippen LogP contribution in [0.4, 0.5) is 5.82 Å². The average molecular weight is 275 g/mol. The number of aromatic nitrogens is 2. The van der Waals surface area contributed by atoms with Crippen molar-refractivity contribution < 1.29 is 0 Å². The molecule has 1 N–H and O–H groups in total. The number of hydrogen-bond donors (Lipinski definition) is 1. The second-order valence-corrected chi connectivity index (χ2v) is 3.58. The molecular weight excluding hydrogens is 265 g/mol. The SMILES string of the molecule is CC#CCCNc1ncnc(Cl)c1Br.